The molecule has 0 unspecified atom stereocenters. The maximum atomic E-state index is 12.1. The maximum absolute atomic E-state index is 12.1. The van der Waals surface area contributed by atoms with Gasteiger partial charge in [-0.1, -0.05) is 30.3 Å². The van der Waals surface area contributed by atoms with Crippen LogP contribution in [0.25, 0.3) is 0 Å². The van der Waals surface area contributed by atoms with E-state index in [9.17, 15) is 19.2 Å². The molecule has 1 heterocycles. The van der Waals surface area contributed by atoms with Gasteiger partial charge < -0.3 is 0 Å². The van der Waals surface area contributed by atoms with Crippen LogP contribution in [0.4, 0.5) is 4.79 Å². The Morgan fingerprint density at radius 3 is 2.19 bits per heavy atom. The number of nitriles is 1. The molecular weight excluding hydrogens is 274 g/mol. The number of rotatable bonds is 3. The predicted octanol–water partition coefficient (Wildman–Crippen LogP) is 0.301. The van der Waals surface area contributed by atoms with Gasteiger partial charge in [0.05, 0.1) is 5.57 Å². The lowest BCUT2D eigenvalue weighted by Crippen LogP contribution is -2.55. The van der Waals surface area contributed by atoms with Crippen molar-refractivity contribution in [1.82, 2.24) is 10.6 Å². The van der Waals surface area contributed by atoms with Gasteiger partial charge in [0, 0.05) is 5.56 Å². The topological polar surface area (TPSA) is 116 Å². The average Bonchev–Trinajstić information content (AvgIpc) is 2.47. The molecule has 1 saturated heterocycles. The van der Waals surface area contributed by atoms with Crippen molar-refractivity contribution in [1.29, 1.82) is 5.26 Å². The third kappa shape index (κ3) is 3.01. The molecule has 4 amide bonds. The number of carbonyl (C=O) groups is 4. The Hall–Kier alpha value is -3.27. The predicted molar refractivity (Wildman–Crippen MR) is 69.6 cm³/mol. The van der Waals surface area contributed by atoms with Crippen molar-refractivity contribution in [3.8, 4) is 6.07 Å². The molecule has 7 heteroatoms. The molecule has 104 valence electrons. The van der Waals surface area contributed by atoms with E-state index >= 15 is 0 Å². The Kier molecular flexibility index (Phi) is 3.90. The molecule has 0 saturated carbocycles. The molecule has 0 spiro atoms. The first-order valence-corrected chi connectivity index (χ1v) is 5.90. The SMILES string of the molecule is N#C/C(=C/C1C(=O)NC(=O)NC1=O)C(=O)c1ccccc1. The van der Waals surface area contributed by atoms with Gasteiger partial charge in [-0.2, -0.15) is 5.26 Å². The number of barbiturate groups is 1. The van der Waals surface area contributed by atoms with Gasteiger partial charge in [0.15, 0.2) is 0 Å². The number of ketones is 1. The summed E-state index contributed by atoms with van der Waals surface area (Å²) in [5, 5.41) is 12.8. The summed E-state index contributed by atoms with van der Waals surface area (Å²) in [6, 6.07) is 8.72. The zero-order valence-corrected chi connectivity index (χ0v) is 10.6. The number of amides is 4. The van der Waals surface area contributed by atoms with Crippen LogP contribution in [0.5, 0.6) is 0 Å². The lowest BCUT2D eigenvalue weighted by atomic mass is 9.97. The number of Topliss-reactive ketones (excluding diaryl/α,β-unsaturated/α-hetero) is 1. The Labute approximate surface area is 119 Å². The third-order valence-electron chi connectivity index (χ3n) is 2.77. The Morgan fingerprint density at radius 1 is 1.10 bits per heavy atom. The van der Waals surface area contributed by atoms with Gasteiger partial charge >= 0.3 is 6.03 Å². The molecule has 1 aliphatic heterocycles. The zero-order chi connectivity index (χ0) is 15.4. The number of benzene rings is 1. The highest BCUT2D eigenvalue weighted by atomic mass is 16.2. The molecule has 1 aromatic rings. The first-order chi connectivity index (χ1) is 10.0. The number of nitrogens with one attached hydrogen (secondary N) is 2. The standard InChI is InChI=1S/C14H9N3O4/c15-7-9(11(18)8-4-2-1-3-5-8)6-10-12(19)16-14(21)17-13(10)20/h1-6,10H,(H2,16,17,19,20,21)/b9-6-. The van der Waals surface area contributed by atoms with Gasteiger partial charge in [-0.25, -0.2) is 4.79 Å². The van der Waals surface area contributed by atoms with Gasteiger partial charge in [-0.05, 0) is 6.08 Å². The number of urea groups is 1. The third-order valence-corrected chi connectivity index (χ3v) is 2.77. The minimum atomic E-state index is -1.40. The van der Waals surface area contributed by atoms with Crippen LogP contribution in [-0.4, -0.2) is 23.6 Å². The summed E-state index contributed by atoms with van der Waals surface area (Å²) in [6.45, 7) is 0. The van der Waals surface area contributed by atoms with E-state index in [1.54, 1.807) is 24.3 Å². The van der Waals surface area contributed by atoms with Crippen LogP contribution < -0.4 is 10.6 Å². The highest BCUT2D eigenvalue weighted by molar-refractivity contribution is 6.19. The molecule has 0 radical (unpaired) electrons. The molecule has 0 aliphatic carbocycles. The zero-order valence-electron chi connectivity index (χ0n) is 10.6. The van der Waals surface area contributed by atoms with E-state index in [0.29, 0.717) is 0 Å². The van der Waals surface area contributed by atoms with Gasteiger partial charge in [0.1, 0.15) is 12.0 Å². The molecule has 1 aromatic carbocycles. The normalized spacial score (nSPS) is 16.0. The van der Waals surface area contributed by atoms with Gasteiger partial charge in [0.2, 0.25) is 17.6 Å². The molecule has 0 aromatic heterocycles. The first kappa shape index (κ1) is 14.1. The number of nitrogens with zero attached hydrogens (tertiary/aromatic N) is 1. The lowest BCUT2D eigenvalue weighted by Gasteiger charge is -2.17. The van der Waals surface area contributed by atoms with E-state index < -0.39 is 29.5 Å². The van der Waals surface area contributed by atoms with Crippen LogP contribution in [-0.2, 0) is 9.59 Å². The molecule has 0 atom stereocenters. The molecular formula is C14H9N3O4. The van der Waals surface area contributed by atoms with Gasteiger partial charge in [-0.15, -0.1) is 0 Å². The second-order valence-corrected chi connectivity index (χ2v) is 4.17. The highest BCUT2D eigenvalue weighted by Crippen LogP contribution is 2.13. The minimum Gasteiger partial charge on any atom is -0.288 e. The van der Waals surface area contributed by atoms with Gasteiger partial charge in [-0.3, -0.25) is 25.0 Å². The summed E-state index contributed by atoms with van der Waals surface area (Å²) in [5.41, 5.74) is -0.0798. The Bertz CT molecular complexity index is 681. The van der Waals surface area contributed by atoms with Crippen molar-refractivity contribution < 1.29 is 19.2 Å². The van der Waals surface area contributed by atoms with Crippen molar-refractivity contribution in [2.45, 2.75) is 0 Å². The van der Waals surface area contributed by atoms with Crippen molar-refractivity contribution >= 4 is 23.6 Å². The second-order valence-electron chi connectivity index (χ2n) is 4.17. The average molecular weight is 283 g/mol. The summed E-state index contributed by atoms with van der Waals surface area (Å²) >= 11 is 0. The molecule has 2 rings (SSSR count). The van der Waals surface area contributed by atoms with Crippen LogP contribution >= 0.6 is 0 Å². The number of hydrogen-bond acceptors (Lipinski definition) is 5. The second kappa shape index (κ2) is 5.79. The number of carbonyl (C=O) groups excluding carboxylic acids is 4. The lowest BCUT2D eigenvalue weighted by molar-refractivity contribution is -0.133. The quantitative estimate of drug-likeness (QED) is 0.358. The van der Waals surface area contributed by atoms with Crippen molar-refractivity contribution in [3.63, 3.8) is 0 Å². The van der Waals surface area contributed by atoms with E-state index in [2.05, 4.69) is 0 Å². The summed E-state index contributed by atoms with van der Waals surface area (Å²) in [7, 11) is 0. The fourth-order valence-electron chi connectivity index (χ4n) is 1.76. The molecule has 1 aliphatic rings. The van der Waals surface area contributed by atoms with E-state index in [0.717, 1.165) is 6.08 Å². The highest BCUT2D eigenvalue weighted by Gasteiger charge is 2.33. The maximum Gasteiger partial charge on any atom is 0.328 e. The summed E-state index contributed by atoms with van der Waals surface area (Å²) in [5.74, 6) is -3.75. The number of imide groups is 2. The molecule has 7 nitrogen and oxygen atoms in total. The molecule has 1 fully saturated rings. The summed E-state index contributed by atoms with van der Waals surface area (Å²) in [6.07, 6.45) is 0.951. The summed E-state index contributed by atoms with van der Waals surface area (Å²) < 4.78 is 0. The van der Waals surface area contributed by atoms with Crippen LogP contribution in [0.1, 0.15) is 10.4 Å². The van der Waals surface area contributed by atoms with Crippen LogP contribution in [0.2, 0.25) is 0 Å². The fourth-order valence-corrected chi connectivity index (χ4v) is 1.76. The minimum absolute atomic E-state index is 0.262. The summed E-state index contributed by atoms with van der Waals surface area (Å²) in [4.78, 5) is 46.2. The molecule has 21 heavy (non-hydrogen) atoms. The first-order valence-electron chi connectivity index (χ1n) is 5.90. The number of allylic oxidation sites excluding steroid dienone is 1. The molecule has 2 N–H and O–H groups in total. The van der Waals surface area contributed by atoms with Crippen molar-refractivity contribution in [3.05, 3.63) is 47.5 Å². The largest absolute Gasteiger partial charge is 0.328 e. The van der Waals surface area contributed by atoms with Crippen LogP contribution in [0.3, 0.4) is 0 Å². The van der Waals surface area contributed by atoms with Gasteiger partial charge in [0.25, 0.3) is 0 Å². The van der Waals surface area contributed by atoms with Crippen LogP contribution in [0.15, 0.2) is 42.0 Å². The van der Waals surface area contributed by atoms with E-state index in [4.69, 9.17) is 5.26 Å². The Balaban J connectivity index is 2.31. The monoisotopic (exact) mass is 283 g/mol. The number of hydrogen-bond donors (Lipinski definition) is 2. The van der Waals surface area contributed by atoms with E-state index in [1.165, 1.54) is 12.1 Å². The van der Waals surface area contributed by atoms with Crippen molar-refractivity contribution in [2.24, 2.45) is 5.92 Å². The van der Waals surface area contributed by atoms with Crippen LogP contribution in [0, 0.1) is 17.2 Å². The smallest absolute Gasteiger partial charge is 0.288 e. The van der Waals surface area contributed by atoms with E-state index in [-0.39, 0.29) is 11.1 Å². The van der Waals surface area contributed by atoms with E-state index in [1.807, 2.05) is 10.6 Å². The van der Waals surface area contributed by atoms with Crippen molar-refractivity contribution in [2.75, 3.05) is 0 Å². The fraction of sp³-hybridized carbons (Fsp3) is 0.0714. The molecule has 0 bridgehead atoms. The Morgan fingerprint density at radius 2 is 1.67 bits per heavy atom.